The van der Waals surface area contributed by atoms with Gasteiger partial charge in [-0.3, -0.25) is 4.98 Å². The van der Waals surface area contributed by atoms with Crippen LogP contribution in [0.5, 0.6) is 0 Å². The number of hydrogen-bond acceptors (Lipinski definition) is 3. The molecule has 0 fully saturated rings. The number of fused-ring (bicyclic) bond motifs is 1. The van der Waals surface area contributed by atoms with Crippen LogP contribution < -0.4 is 11.1 Å². The Morgan fingerprint density at radius 3 is 2.67 bits per heavy atom. The van der Waals surface area contributed by atoms with Crippen LogP contribution in [0.3, 0.4) is 0 Å². The van der Waals surface area contributed by atoms with Gasteiger partial charge in [0.2, 0.25) is 0 Å². The van der Waals surface area contributed by atoms with Gasteiger partial charge in [0, 0.05) is 40.6 Å². The Balaban J connectivity index is 1.83. The van der Waals surface area contributed by atoms with Crippen LogP contribution in [0.2, 0.25) is 0 Å². The van der Waals surface area contributed by atoms with Crippen molar-refractivity contribution in [2.24, 2.45) is 0 Å². The van der Waals surface area contributed by atoms with Gasteiger partial charge >= 0.3 is 0 Å². The average molecular weight is 277 g/mol. The SMILES string of the molecule is CC(Cc1ccccc1)Nc1ccc(N)c2ccncc12. The van der Waals surface area contributed by atoms with Crippen molar-refractivity contribution in [2.45, 2.75) is 19.4 Å². The first kappa shape index (κ1) is 13.4. The lowest BCUT2D eigenvalue weighted by Crippen LogP contribution is -2.18. The van der Waals surface area contributed by atoms with Gasteiger partial charge in [-0.25, -0.2) is 0 Å². The lowest BCUT2D eigenvalue weighted by atomic mass is 10.1. The van der Waals surface area contributed by atoms with E-state index in [4.69, 9.17) is 5.73 Å². The average Bonchev–Trinajstić information content (AvgIpc) is 2.51. The van der Waals surface area contributed by atoms with Crippen molar-refractivity contribution in [3.05, 3.63) is 66.5 Å². The summed E-state index contributed by atoms with van der Waals surface area (Å²) in [6.45, 7) is 2.19. The van der Waals surface area contributed by atoms with Crippen LogP contribution >= 0.6 is 0 Å². The van der Waals surface area contributed by atoms with Crippen molar-refractivity contribution in [3.63, 3.8) is 0 Å². The molecule has 21 heavy (non-hydrogen) atoms. The second-order valence-corrected chi connectivity index (χ2v) is 5.36. The smallest absolute Gasteiger partial charge is 0.0439 e. The third kappa shape index (κ3) is 2.97. The fourth-order valence-corrected chi connectivity index (χ4v) is 2.62. The van der Waals surface area contributed by atoms with Crippen molar-refractivity contribution < 1.29 is 0 Å². The fraction of sp³-hybridized carbons (Fsp3) is 0.167. The van der Waals surface area contributed by atoms with Gasteiger partial charge in [0.15, 0.2) is 0 Å². The zero-order valence-corrected chi connectivity index (χ0v) is 12.1. The third-order valence-corrected chi connectivity index (χ3v) is 3.64. The largest absolute Gasteiger partial charge is 0.398 e. The number of nitrogens with one attached hydrogen (secondary N) is 1. The number of rotatable bonds is 4. The molecule has 0 aliphatic heterocycles. The molecule has 3 rings (SSSR count). The molecule has 0 amide bonds. The minimum atomic E-state index is 0.333. The number of hydrogen-bond donors (Lipinski definition) is 2. The van der Waals surface area contributed by atoms with Crippen molar-refractivity contribution in [3.8, 4) is 0 Å². The molecule has 0 bridgehead atoms. The highest BCUT2D eigenvalue weighted by atomic mass is 14.9. The second kappa shape index (κ2) is 5.83. The Morgan fingerprint density at radius 2 is 1.86 bits per heavy atom. The van der Waals surface area contributed by atoms with E-state index < -0.39 is 0 Å². The summed E-state index contributed by atoms with van der Waals surface area (Å²) >= 11 is 0. The van der Waals surface area contributed by atoms with Gasteiger partial charge < -0.3 is 11.1 Å². The number of nitrogens with zero attached hydrogens (tertiary/aromatic N) is 1. The van der Waals surface area contributed by atoms with Gasteiger partial charge in [-0.05, 0) is 37.1 Å². The molecule has 3 heteroatoms. The molecular weight excluding hydrogens is 258 g/mol. The summed E-state index contributed by atoms with van der Waals surface area (Å²) in [5.74, 6) is 0. The number of nitrogen functional groups attached to an aromatic ring is 1. The van der Waals surface area contributed by atoms with Gasteiger partial charge in [0.25, 0.3) is 0 Å². The summed E-state index contributed by atoms with van der Waals surface area (Å²) < 4.78 is 0. The van der Waals surface area contributed by atoms with Gasteiger partial charge in [-0.1, -0.05) is 30.3 Å². The standard InChI is InChI=1S/C18H19N3/c1-13(11-14-5-3-2-4-6-14)21-18-8-7-17(19)15-9-10-20-12-16(15)18/h2-10,12-13,21H,11,19H2,1H3. The molecule has 3 nitrogen and oxygen atoms in total. The maximum atomic E-state index is 6.02. The molecule has 1 atom stereocenters. The van der Waals surface area contributed by atoms with Crippen LogP contribution in [-0.4, -0.2) is 11.0 Å². The summed E-state index contributed by atoms with van der Waals surface area (Å²) in [5, 5.41) is 5.68. The molecule has 0 saturated heterocycles. The second-order valence-electron chi connectivity index (χ2n) is 5.36. The molecule has 0 aliphatic rings. The third-order valence-electron chi connectivity index (χ3n) is 3.64. The fourth-order valence-electron chi connectivity index (χ4n) is 2.62. The molecule has 2 aromatic carbocycles. The lowest BCUT2D eigenvalue weighted by molar-refractivity contribution is 0.791. The summed E-state index contributed by atoms with van der Waals surface area (Å²) in [6, 6.07) is 16.8. The molecule has 1 heterocycles. The number of aromatic nitrogens is 1. The first-order chi connectivity index (χ1) is 10.2. The van der Waals surface area contributed by atoms with Crippen LogP contribution in [0.1, 0.15) is 12.5 Å². The van der Waals surface area contributed by atoms with E-state index in [1.807, 2.05) is 30.5 Å². The van der Waals surface area contributed by atoms with E-state index in [0.29, 0.717) is 6.04 Å². The van der Waals surface area contributed by atoms with E-state index in [1.165, 1.54) is 5.56 Å². The van der Waals surface area contributed by atoms with Crippen LogP contribution in [-0.2, 0) is 6.42 Å². The van der Waals surface area contributed by atoms with Gasteiger partial charge in [0.05, 0.1) is 0 Å². The van der Waals surface area contributed by atoms with Crippen molar-refractivity contribution in [1.29, 1.82) is 0 Å². The summed E-state index contributed by atoms with van der Waals surface area (Å²) in [5.41, 5.74) is 9.22. The predicted molar refractivity (Wildman–Crippen MR) is 89.4 cm³/mol. The Morgan fingerprint density at radius 1 is 1.05 bits per heavy atom. The van der Waals surface area contributed by atoms with Crippen LogP contribution in [0.25, 0.3) is 10.8 Å². The molecule has 1 aromatic heterocycles. The van der Waals surface area contributed by atoms with E-state index in [9.17, 15) is 0 Å². The summed E-state index contributed by atoms with van der Waals surface area (Å²) in [4.78, 5) is 4.21. The highest BCUT2D eigenvalue weighted by molar-refractivity contribution is 6.00. The van der Waals surface area contributed by atoms with E-state index >= 15 is 0 Å². The molecule has 106 valence electrons. The Labute approximate surface area is 124 Å². The lowest BCUT2D eigenvalue weighted by Gasteiger charge is -2.17. The van der Waals surface area contributed by atoms with Crippen molar-refractivity contribution in [1.82, 2.24) is 4.98 Å². The summed E-state index contributed by atoms with van der Waals surface area (Å²) in [7, 11) is 0. The predicted octanol–water partition coefficient (Wildman–Crippen LogP) is 3.86. The van der Waals surface area contributed by atoms with Gasteiger partial charge in [-0.2, -0.15) is 0 Å². The highest BCUT2D eigenvalue weighted by Gasteiger charge is 2.08. The minimum Gasteiger partial charge on any atom is -0.398 e. The van der Waals surface area contributed by atoms with Crippen molar-refractivity contribution >= 4 is 22.1 Å². The zero-order valence-electron chi connectivity index (χ0n) is 12.1. The molecule has 3 N–H and O–H groups in total. The maximum Gasteiger partial charge on any atom is 0.0439 e. The molecule has 3 aromatic rings. The molecular formula is C18H19N3. The normalized spacial score (nSPS) is 12.2. The number of anilines is 2. The van der Waals surface area contributed by atoms with Gasteiger partial charge in [-0.15, -0.1) is 0 Å². The molecule has 0 spiro atoms. The van der Waals surface area contributed by atoms with Gasteiger partial charge in [0.1, 0.15) is 0 Å². The Bertz CT molecular complexity index is 738. The zero-order chi connectivity index (χ0) is 14.7. The van der Waals surface area contributed by atoms with E-state index in [0.717, 1.165) is 28.6 Å². The van der Waals surface area contributed by atoms with E-state index in [-0.39, 0.29) is 0 Å². The molecule has 1 unspecified atom stereocenters. The first-order valence-corrected chi connectivity index (χ1v) is 7.16. The monoisotopic (exact) mass is 277 g/mol. The highest BCUT2D eigenvalue weighted by Crippen LogP contribution is 2.28. The number of pyridine rings is 1. The minimum absolute atomic E-state index is 0.333. The molecule has 0 radical (unpaired) electrons. The maximum absolute atomic E-state index is 6.02. The number of nitrogens with two attached hydrogens (primary N) is 1. The quantitative estimate of drug-likeness (QED) is 0.712. The summed E-state index contributed by atoms with van der Waals surface area (Å²) in [6.07, 6.45) is 4.62. The topological polar surface area (TPSA) is 50.9 Å². The van der Waals surface area contributed by atoms with Crippen LogP contribution in [0.15, 0.2) is 60.9 Å². The molecule has 0 saturated carbocycles. The van der Waals surface area contributed by atoms with Crippen LogP contribution in [0.4, 0.5) is 11.4 Å². The van der Waals surface area contributed by atoms with Crippen LogP contribution in [0, 0.1) is 0 Å². The Kier molecular flexibility index (Phi) is 3.73. The Hall–Kier alpha value is -2.55. The number of benzene rings is 2. The van der Waals surface area contributed by atoms with E-state index in [1.54, 1.807) is 6.20 Å². The van der Waals surface area contributed by atoms with E-state index in [2.05, 4.69) is 41.5 Å². The van der Waals surface area contributed by atoms with Crippen molar-refractivity contribution in [2.75, 3.05) is 11.1 Å². The molecule has 0 aliphatic carbocycles. The first-order valence-electron chi connectivity index (χ1n) is 7.16.